The lowest BCUT2D eigenvalue weighted by molar-refractivity contribution is -0.135. The number of rotatable bonds is 9. The van der Waals surface area contributed by atoms with Crippen molar-refractivity contribution in [1.29, 1.82) is 0 Å². The molecule has 0 aromatic carbocycles. The summed E-state index contributed by atoms with van der Waals surface area (Å²) in [6, 6.07) is 7.75. The number of hydrogen-bond donors (Lipinski definition) is 0. The van der Waals surface area contributed by atoms with Gasteiger partial charge in [0.15, 0.2) is 0 Å². The van der Waals surface area contributed by atoms with Gasteiger partial charge in [-0.3, -0.25) is 4.79 Å². The molecular formula is C18H24N2O4S3. The Morgan fingerprint density at radius 1 is 1.07 bits per heavy atom. The Labute approximate surface area is 168 Å². The monoisotopic (exact) mass is 428 g/mol. The van der Waals surface area contributed by atoms with E-state index in [9.17, 15) is 13.2 Å². The second-order valence-electron chi connectivity index (χ2n) is 6.34. The molecule has 27 heavy (non-hydrogen) atoms. The number of morpholine rings is 1. The van der Waals surface area contributed by atoms with Gasteiger partial charge in [-0.1, -0.05) is 12.1 Å². The van der Waals surface area contributed by atoms with Crippen molar-refractivity contribution in [3.05, 3.63) is 44.8 Å². The van der Waals surface area contributed by atoms with Crippen LogP contribution in [0, 0.1) is 0 Å². The number of sulfonamides is 1. The van der Waals surface area contributed by atoms with Gasteiger partial charge in [-0.15, -0.1) is 22.7 Å². The Morgan fingerprint density at radius 3 is 2.19 bits per heavy atom. The topological polar surface area (TPSA) is 66.9 Å². The third-order valence-electron chi connectivity index (χ3n) is 4.37. The van der Waals surface area contributed by atoms with Crippen molar-refractivity contribution in [2.45, 2.75) is 25.9 Å². The van der Waals surface area contributed by atoms with E-state index in [1.807, 2.05) is 35.0 Å². The number of ether oxygens (including phenoxy) is 1. The van der Waals surface area contributed by atoms with E-state index in [4.69, 9.17) is 4.74 Å². The molecular weight excluding hydrogens is 404 g/mol. The van der Waals surface area contributed by atoms with E-state index in [0.717, 1.165) is 9.75 Å². The summed E-state index contributed by atoms with van der Waals surface area (Å²) in [4.78, 5) is 16.0. The Bertz CT molecular complexity index is 762. The molecule has 1 amide bonds. The molecule has 0 N–H and O–H groups in total. The number of nitrogens with zero attached hydrogens (tertiary/aromatic N) is 2. The van der Waals surface area contributed by atoms with Crippen molar-refractivity contribution >= 4 is 38.6 Å². The third kappa shape index (κ3) is 6.11. The zero-order chi connectivity index (χ0) is 19.1. The Kier molecular flexibility index (Phi) is 7.42. The number of amides is 1. The average molecular weight is 429 g/mol. The second-order valence-corrected chi connectivity index (χ2v) is 10.5. The lowest BCUT2D eigenvalue weighted by Gasteiger charge is -2.27. The van der Waals surface area contributed by atoms with Gasteiger partial charge in [-0.25, -0.2) is 8.42 Å². The van der Waals surface area contributed by atoms with Crippen LogP contribution < -0.4 is 0 Å². The van der Waals surface area contributed by atoms with Gasteiger partial charge in [-0.2, -0.15) is 4.31 Å². The van der Waals surface area contributed by atoms with Crippen molar-refractivity contribution in [2.24, 2.45) is 0 Å². The lowest BCUT2D eigenvalue weighted by atomic mass is 10.3. The second kappa shape index (κ2) is 9.79. The van der Waals surface area contributed by atoms with Crippen LogP contribution in [0.15, 0.2) is 35.0 Å². The standard InChI is InChI=1S/C18H24N2O4S3/c21-18(19-7-9-24-10-8-19)6-3-13-27(22,23)20(14-16-4-1-11-25-16)15-17-5-2-12-26-17/h1-2,4-5,11-12H,3,6-10,13-15H2. The van der Waals surface area contributed by atoms with Crippen LogP contribution in [0.3, 0.4) is 0 Å². The van der Waals surface area contributed by atoms with Crippen LogP contribution in [0.25, 0.3) is 0 Å². The van der Waals surface area contributed by atoms with Gasteiger partial charge in [0.1, 0.15) is 0 Å². The summed E-state index contributed by atoms with van der Waals surface area (Å²) in [6.07, 6.45) is 0.592. The van der Waals surface area contributed by atoms with Gasteiger partial charge in [0.25, 0.3) is 0 Å². The first-order chi connectivity index (χ1) is 13.0. The maximum absolute atomic E-state index is 12.9. The summed E-state index contributed by atoms with van der Waals surface area (Å²) in [5, 5.41) is 3.90. The molecule has 6 nitrogen and oxygen atoms in total. The minimum atomic E-state index is -3.45. The lowest BCUT2D eigenvalue weighted by Crippen LogP contribution is -2.40. The summed E-state index contributed by atoms with van der Waals surface area (Å²) in [5.41, 5.74) is 0. The minimum absolute atomic E-state index is 0.0107. The van der Waals surface area contributed by atoms with Crippen LogP contribution in [0.5, 0.6) is 0 Å². The summed E-state index contributed by atoms with van der Waals surface area (Å²) >= 11 is 3.10. The molecule has 0 unspecified atom stereocenters. The highest BCUT2D eigenvalue weighted by atomic mass is 32.2. The van der Waals surface area contributed by atoms with Crippen LogP contribution in [-0.2, 0) is 32.6 Å². The van der Waals surface area contributed by atoms with Crippen LogP contribution >= 0.6 is 22.7 Å². The minimum Gasteiger partial charge on any atom is -0.378 e. The molecule has 2 aromatic heterocycles. The fourth-order valence-corrected chi connectivity index (χ4v) is 5.95. The van der Waals surface area contributed by atoms with Crippen molar-refractivity contribution in [3.63, 3.8) is 0 Å². The van der Waals surface area contributed by atoms with Crippen LogP contribution in [0.4, 0.5) is 0 Å². The van der Waals surface area contributed by atoms with Gasteiger partial charge in [0.2, 0.25) is 15.9 Å². The Hall–Kier alpha value is -1.26. The highest BCUT2D eigenvalue weighted by Crippen LogP contribution is 2.21. The highest BCUT2D eigenvalue weighted by Gasteiger charge is 2.24. The van der Waals surface area contributed by atoms with Crippen molar-refractivity contribution in [2.75, 3.05) is 32.1 Å². The molecule has 148 valence electrons. The van der Waals surface area contributed by atoms with E-state index >= 15 is 0 Å². The smallest absolute Gasteiger partial charge is 0.222 e. The van der Waals surface area contributed by atoms with Gasteiger partial charge < -0.3 is 9.64 Å². The maximum Gasteiger partial charge on any atom is 0.222 e. The average Bonchev–Trinajstić information content (AvgIpc) is 3.36. The molecule has 0 aliphatic carbocycles. The summed E-state index contributed by atoms with van der Waals surface area (Å²) in [6.45, 7) is 3.03. The van der Waals surface area contributed by atoms with Gasteiger partial charge in [0, 0.05) is 42.4 Å². The van der Waals surface area contributed by atoms with E-state index in [-0.39, 0.29) is 18.1 Å². The maximum atomic E-state index is 12.9. The molecule has 0 saturated carbocycles. The van der Waals surface area contributed by atoms with Gasteiger partial charge in [-0.05, 0) is 29.3 Å². The molecule has 1 saturated heterocycles. The first kappa shape index (κ1) is 20.5. The Morgan fingerprint density at radius 2 is 1.67 bits per heavy atom. The van der Waals surface area contributed by atoms with E-state index in [0.29, 0.717) is 45.8 Å². The summed E-state index contributed by atoms with van der Waals surface area (Å²) in [5.74, 6) is -0.00335. The third-order valence-corrected chi connectivity index (χ3v) is 7.95. The fraction of sp³-hybridized carbons (Fsp3) is 0.500. The molecule has 0 radical (unpaired) electrons. The first-order valence-corrected chi connectivity index (χ1v) is 12.3. The molecule has 9 heteroatoms. The predicted octanol–water partition coefficient (Wildman–Crippen LogP) is 2.78. The van der Waals surface area contributed by atoms with Gasteiger partial charge >= 0.3 is 0 Å². The van der Waals surface area contributed by atoms with Crippen LogP contribution in [-0.4, -0.2) is 55.6 Å². The Balaban J connectivity index is 1.58. The number of carbonyl (C=O) groups is 1. The summed E-state index contributed by atoms with van der Waals surface area (Å²) in [7, 11) is -3.45. The fourth-order valence-electron chi connectivity index (χ4n) is 2.91. The molecule has 2 aromatic rings. The van der Waals surface area contributed by atoms with E-state index in [1.165, 1.54) is 4.31 Å². The van der Waals surface area contributed by atoms with Crippen molar-refractivity contribution in [1.82, 2.24) is 9.21 Å². The molecule has 0 bridgehead atoms. The molecule has 1 aliphatic heterocycles. The molecule has 0 spiro atoms. The predicted molar refractivity (Wildman–Crippen MR) is 108 cm³/mol. The van der Waals surface area contributed by atoms with Crippen LogP contribution in [0.1, 0.15) is 22.6 Å². The summed E-state index contributed by atoms with van der Waals surface area (Å²) < 4.78 is 32.6. The number of thiophene rings is 2. The van der Waals surface area contributed by atoms with Crippen molar-refractivity contribution < 1.29 is 17.9 Å². The molecule has 3 rings (SSSR count). The molecule has 3 heterocycles. The zero-order valence-electron chi connectivity index (χ0n) is 15.1. The SMILES string of the molecule is O=C(CCCS(=O)(=O)N(Cc1cccs1)Cc1cccs1)N1CCOCC1. The zero-order valence-corrected chi connectivity index (χ0v) is 17.5. The molecule has 0 atom stereocenters. The van der Waals surface area contributed by atoms with Crippen molar-refractivity contribution in [3.8, 4) is 0 Å². The van der Waals surface area contributed by atoms with Crippen LogP contribution in [0.2, 0.25) is 0 Å². The number of carbonyl (C=O) groups excluding carboxylic acids is 1. The molecule has 1 fully saturated rings. The van der Waals surface area contributed by atoms with E-state index in [1.54, 1.807) is 27.6 Å². The first-order valence-electron chi connectivity index (χ1n) is 8.93. The van der Waals surface area contributed by atoms with E-state index < -0.39 is 10.0 Å². The highest BCUT2D eigenvalue weighted by molar-refractivity contribution is 7.89. The van der Waals surface area contributed by atoms with E-state index in [2.05, 4.69) is 0 Å². The number of hydrogen-bond acceptors (Lipinski definition) is 6. The normalized spacial score (nSPS) is 15.4. The quantitative estimate of drug-likeness (QED) is 0.616. The largest absolute Gasteiger partial charge is 0.378 e. The molecule has 1 aliphatic rings. The van der Waals surface area contributed by atoms with Gasteiger partial charge in [0.05, 0.1) is 19.0 Å².